The van der Waals surface area contributed by atoms with Crippen molar-refractivity contribution in [3.63, 3.8) is 0 Å². The third-order valence-corrected chi connectivity index (χ3v) is 9.01. The molecule has 1 aliphatic heterocycles. The Labute approximate surface area is 233 Å². The van der Waals surface area contributed by atoms with E-state index in [1.165, 1.54) is 11.4 Å². The number of fused-ring (bicyclic) bond motifs is 1. The topological polar surface area (TPSA) is 121 Å². The Balaban J connectivity index is 1.18. The Kier molecular flexibility index (Phi) is 7.75. The molecule has 4 N–H and O–H groups in total. The van der Waals surface area contributed by atoms with Crippen LogP contribution in [0.25, 0.3) is 21.3 Å². The summed E-state index contributed by atoms with van der Waals surface area (Å²) >= 11 is 1.10. The summed E-state index contributed by atoms with van der Waals surface area (Å²) in [5, 5.41) is 15.4. The zero-order chi connectivity index (χ0) is 28.7. The molecule has 1 aliphatic rings. The minimum absolute atomic E-state index is 0.0455. The molecule has 3 aromatic heterocycles. The average Bonchev–Trinajstić information content (AvgIpc) is 3.31. The summed E-state index contributed by atoms with van der Waals surface area (Å²) in [4.78, 5) is 11.1. The number of thiophene rings is 1. The normalized spacial score (nSPS) is 16.0. The summed E-state index contributed by atoms with van der Waals surface area (Å²) in [7, 11) is -3.33. The van der Waals surface area contributed by atoms with Gasteiger partial charge in [-0.15, -0.1) is 11.3 Å². The molecule has 40 heavy (non-hydrogen) atoms. The fourth-order valence-corrected chi connectivity index (χ4v) is 6.33. The molecule has 1 aromatic carbocycles. The first-order valence-corrected chi connectivity index (χ1v) is 15.3. The van der Waals surface area contributed by atoms with Crippen LogP contribution in [0.1, 0.15) is 30.2 Å². The summed E-state index contributed by atoms with van der Waals surface area (Å²) in [6.45, 7) is 1.30. The van der Waals surface area contributed by atoms with Crippen LogP contribution in [-0.2, 0) is 16.0 Å². The van der Waals surface area contributed by atoms with Gasteiger partial charge in [-0.1, -0.05) is 18.2 Å². The van der Waals surface area contributed by atoms with Gasteiger partial charge in [0.1, 0.15) is 16.8 Å². The van der Waals surface area contributed by atoms with Crippen molar-refractivity contribution in [2.75, 3.05) is 36.5 Å². The SMILES string of the molecule is CS(=O)(=O)c1cccc(-c2ccc(C(O)CNC3CCN(c4cc(C(F)(F)F)c5c(N)csc5n4)CC3)nc2)c1. The third kappa shape index (κ3) is 6.07. The van der Waals surface area contributed by atoms with E-state index in [4.69, 9.17) is 5.73 Å². The number of aliphatic hydroxyl groups is 1. The zero-order valence-electron chi connectivity index (χ0n) is 21.5. The standard InChI is InChI=1S/C27H28F3N5O3S2/c1-40(37,38)19-4-2-3-16(11-19)17-5-6-22(33-13-17)23(36)14-32-18-7-9-35(10-8-18)24-12-20(27(28,29)30)25-21(31)15-39-26(25)34-24/h2-6,11-13,15,18,23,32,36H,7-10,14,31H2,1H3. The van der Waals surface area contributed by atoms with Crippen molar-refractivity contribution in [2.24, 2.45) is 0 Å². The Morgan fingerprint density at radius 1 is 1.18 bits per heavy atom. The van der Waals surface area contributed by atoms with Gasteiger partial charge in [-0.25, -0.2) is 13.4 Å². The number of alkyl halides is 3. The van der Waals surface area contributed by atoms with Crippen molar-refractivity contribution in [2.45, 2.75) is 36.1 Å². The molecule has 0 amide bonds. The Morgan fingerprint density at radius 3 is 2.58 bits per heavy atom. The number of halogens is 3. The number of aliphatic hydroxyl groups excluding tert-OH is 1. The number of benzene rings is 1. The van der Waals surface area contributed by atoms with Crippen LogP contribution in [0.3, 0.4) is 0 Å². The number of piperidine rings is 1. The van der Waals surface area contributed by atoms with Gasteiger partial charge in [-0.2, -0.15) is 13.2 Å². The molecular formula is C27H28F3N5O3S2. The number of nitrogens with zero attached hydrogens (tertiary/aromatic N) is 3. The monoisotopic (exact) mass is 591 g/mol. The van der Waals surface area contributed by atoms with E-state index in [2.05, 4.69) is 15.3 Å². The number of rotatable bonds is 7. The lowest BCUT2D eigenvalue weighted by Crippen LogP contribution is -2.44. The molecule has 1 unspecified atom stereocenters. The summed E-state index contributed by atoms with van der Waals surface area (Å²) in [5.41, 5.74) is 7.00. The number of sulfone groups is 1. The van der Waals surface area contributed by atoms with Gasteiger partial charge in [-0.05, 0) is 42.7 Å². The number of nitrogens with one attached hydrogen (secondary N) is 1. The van der Waals surface area contributed by atoms with Gasteiger partial charge in [0.15, 0.2) is 9.84 Å². The second-order valence-electron chi connectivity index (χ2n) is 9.85. The first-order valence-electron chi connectivity index (χ1n) is 12.6. The Bertz CT molecular complexity index is 1620. The molecule has 1 fully saturated rings. The molecule has 5 rings (SSSR count). The number of nitrogens with two attached hydrogens (primary N) is 1. The van der Waals surface area contributed by atoms with Crippen LogP contribution in [-0.4, -0.2) is 55.4 Å². The molecule has 0 saturated carbocycles. The van der Waals surface area contributed by atoms with Gasteiger partial charge in [0.25, 0.3) is 0 Å². The fraction of sp³-hybridized carbons (Fsp3) is 0.333. The molecule has 4 heterocycles. The molecule has 13 heteroatoms. The van der Waals surface area contributed by atoms with E-state index >= 15 is 0 Å². The highest BCUT2D eigenvalue weighted by molar-refractivity contribution is 7.90. The molecule has 0 spiro atoms. The molecular weight excluding hydrogens is 563 g/mol. The Morgan fingerprint density at radius 2 is 1.93 bits per heavy atom. The lowest BCUT2D eigenvalue weighted by atomic mass is 10.0. The highest BCUT2D eigenvalue weighted by atomic mass is 32.2. The number of anilines is 2. The van der Waals surface area contributed by atoms with Crippen molar-refractivity contribution in [3.8, 4) is 11.1 Å². The smallest absolute Gasteiger partial charge is 0.397 e. The molecule has 8 nitrogen and oxygen atoms in total. The van der Waals surface area contributed by atoms with Gasteiger partial charge < -0.3 is 21.1 Å². The van der Waals surface area contributed by atoms with Crippen LogP contribution in [0, 0.1) is 0 Å². The summed E-state index contributed by atoms with van der Waals surface area (Å²) < 4.78 is 64.8. The van der Waals surface area contributed by atoms with Gasteiger partial charge in [0.05, 0.1) is 21.8 Å². The van der Waals surface area contributed by atoms with Crippen LogP contribution in [0.15, 0.2) is 58.9 Å². The number of aromatic nitrogens is 2. The van der Waals surface area contributed by atoms with E-state index in [9.17, 15) is 26.7 Å². The molecule has 0 aliphatic carbocycles. The van der Waals surface area contributed by atoms with Gasteiger partial charge >= 0.3 is 6.18 Å². The lowest BCUT2D eigenvalue weighted by Gasteiger charge is -2.34. The maximum Gasteiger partial charge on any atom is 0.417 e. The quantitative estimate of drug-likeness (QED) is 0.284. The molecule has 0 radical (unpaired) electrons. The highest BCUT2D eigenvalue weighted by Gasteiger charge is 2.35. The van der Waals surface area contributed by atoms with E-state index in [1.807, 2.05) is 4.90 Å². The fourth-order valence-electron chi connectivity index (χ4n) is 4.81. The molecule has 1 atom stereocenters. The largest absolute Gasteiger partial charge is 0.417 e. The minimum Gasteiger partial charge on any atom is -0.397 e. The second-order valence-corrected chi connectivity index (χ2v) is 12.7. The van der Waals surface area contributed by atoms with E-state index in [0.29, 0.717) is 37.2 Å². The van der Waals surface area contributed by atoms with Crippen molar-refractivity contribution < 1.29 is 26.7 Å². The Hall–Kier alpha value is -3.26. The van der Waals surface area contributed by atoms with Crippen LogP contribution < -0.4 is 16.0 Å². The van der Waals surface area contributed by atoms with Crippen molar-refractivity contribution >= 4 is 42.9 Å². The van der Waals surface area contributed by atoms with Crippen LogP contribution in [0.5, 0.6) is 0 Å². The van der Waals surface area contributed by atoms with E-state index < -0.39 is 27.7 Å². The van der Waals surface area contributed by atoms with Gasteiger partial charge in [-0.3, -0.25) is 4.98 Å². The summed E-state index contributed by atoms with van der Waals surface area (Å²) in [5.74, 6) is 0.284. The van der Waals surface area contributed by atoms with Gasteiger partial charge in [0, 0.05) is 54.5 Å². The predicted octanol–water partition coefficient (Wildman–Crippen LogP) is 4.65. The summed E-state index contributed by atoms with van der Waals surface area (Å²) in [6.07, 6.45) is -1.31. The van der Waals surface area contributed by atoms with Crippen molar-refractivity contribution in [3.05, 3.63) is 65.3 Å². The third-order valence-electron chi connectivity index (χ3n) is 7.01. The maximum atomic E-state index is 13.7. The van der Waals surface area contributed by atoms with Crippen molar-refractivity contribution in [1.29, 1.82) is 0 Å². The lowest BCUT2D eigenvalue weighted by molar-refractivity contribution is -0.136. The number of hydrogen-bond acceptors (Lipinski definition) is 9. The predicted molar refractivity (Wildman–Crippen MR) is 150 cm³/mol. The minimum atomic E-state index is -4.53. The number of nitrogen functional groups attached to an aromatic ring is 1. The number of pyridine rings is 2. The van der Waals surface area contributed by atoms with Crippen molar-refractivity contribution in [1.82, 2.24) is 15.3 Å². The first-order chi connectivity index (χ1) is 18.9. The van der Waals surface area contributed by atoms with Crippen LogP contribution >= 0.6 is 11.3 Å². The van der Waals surface area contributed by atoms with Crippen LogP contribution in [0.2, 0.25) is 0 Å². The second kappa shape index (κ2) is 11.0. The molecule has 212 valence electrons. The maximum absolute atomic E-state index is 13.7. The van der Waals surface area contributed by atoms with E-state index in [1.54, 1.807) is 36.5 Å². The average molecular weight is 592 g/mol. The van der Waals surface area contributed by atoms with Gasteiger partial charge in [0.2, 0.25) is 0 Å². The van der Waals surface area contributed by atoms with E-state index in [-0.39, 0.29) is 39.2 Å². The molecule has 1 saturated heterocycles. The summed E-state index contributed by atoms with van der Waals surface area (Å²) in [6, 6.07) is 11.2. The zero-order valence-corrected chi connectivity index (χ0v) is 23.2. The highest BCUT2D eigenvalue weighted by Crippen LogP contribution is 2.41. The molecule has 0 bridgehead atoms. The number of hydrogen-bond donors (Lipinski definition) is 3. The first kappa shape index (κ1) is 28.3. The molecule has 4 aromatic rings. The van der Waals surface area contributed by atoms with Crippen LogP contribution in [0.4, 0.5) is 24.7 Å². The van der Waals surface area contributed by atoms with E-state index in [0.717, 1.165) is 29.2 Å².